The van der Waals surface area contributed by atoms with E-state index in [1.165, 1.54) is 5.56 Å². The Labute approximate surface area is 184 Å². The molecule has 0 atom stereocenters. The van der Waals surface area contributed by atoms with E-state index in [1.54, 1.807) is 16.9 Å². The van der Waals surface area contributed by atoms with Gasteiger partial charge in [-0.15, -0.1) is 0 Å². The van der Waals surface area contributed by atoms with Gasteiger partial charge in [-0.2, -0.15) is 10.2 Å². The number of halogens is 1. The number of ether oxygens (including phenoxy) is 1. The molecule has 0 aliphatic carbocycles. The maximum absolute atomic E-state index is 12.8. The van der Waals surface area contributed by atoms with E-state index in [0.717, 1.165) is 35.6 Å². The van der Waals surface area contributed by atoms with E-state index >= 15 is 0 Å². The summed E-state index contributed by atoms with van der Waals surface area (Å²) >= 11 is 3.40. The standard InChI is InChI=1S/C21H25BrN6O2/c1-16-17(13-25(2)23-16)14-26-9-11-27(12-10-26)21(29)20-7-8-28(24-20)15-30-19-5-3-18(22)4-6-19/h3-8,13H,9-12,14-15H2,1-2H3. The molecule has 8 nitrogen and oxygen atoms in total. The Balaban J connectivity index is 1.28. The minimum absolute atomic E-state index is 0.0328. The third kappa shape index (κ3) is 4.91. The SMILES string of the molecule is Cc1nn(C)cc1CN1CCN(C(=O)c2ccn(COc3ccc(Br)cc3)n2)CC1. The van der Waals surface area contributed by atoms with Gasteiger partial charge in [0.1, 0.15) is 5.75 Å². The molecule has 0 bridgehead atoms. The fraction of sp³-hybridized carbons (Fsp3) is 0.381. The zero-order valence-corrected chi connectivity index (χ0v) is 18.7. The lowest BCUT2D eigenvalue weighted by atomic mass is 10.2. The molecule has 0 N–H and O–H groups in total. The third-order valence-electron chi connectivity index (χ3n) is 5.21. The lowest BCUT2D eigenvalue weighted by Gasteiger charge is -2.34. The summed E-state index contributed by atoms with van der Waals surface area (Å²) in [7, 11) is 1.94. The summed E-state index contributed by atoms with van der Waals surface area (Å²) in [4.78, 5) is 17.0. The van der Waals surface area contributed by atoms with Gasteiger partial charge in [-0.1, -0.05) is 15.9 Å². The van der Waals surface area contributed by atoms with Gasteiger partial charge in [0.2, 0.25) is 0 Å². The molecule has 2 aromatic heterocycles. The van der Waals surface area contributed by atoms with E-state index in [1.807, 2.05) is 47.8 Å². The number of hydrogen-bond acceptors (Lipinski definition) is 5. The van der Waals surface area contributed by atoms with Crippen molar-refractivity contribution < 1.29 is 9.53 Å². The Kier molecular flexibility index (Phi) is 6.19. The van der Waals surface area contributed by atoms with Crippen LogP contribution in [-0.4, -0.2) is 61.4 Å². The fourth-order valence-electron chi connectivity index (χ4n) is 3.53. The highest BCUT2D eigenvalue weighted by atomic mass is 79.9. The Bertz CT molecular complexity index is 1000. The molecule has 4 rings (SSSR count). The average molecular weight is 473 g/mol. The number of carbonyl (C=O) groups excluding carboxylic acids is 1. The minimum atomic E-state index is -0.0328. The smallest absolute Gasteiger partial charge is 0.274 e. The van der Waals surface area contributed by atoms with Crippen molar-refractivity contribution in [2.24, 2.45) is 7.05 Å². The second-order valence-corrected chi connectivity index (χ2v) is 8.37. The molecule has 0 radical (unpaired) electrons. The third-order valence-corrected chi connectivity index (χ3v) is 5.73. The van der Waals surface area contributed by atoms with Crippen LogP contribution in [0.5, 0.6) is 5.75 Å². The molecule has 3 aromatic rings. The van der Waals surface area contributed by atoms with E-state index in [0.29, 0.717) is 18.8 Å². The highest BCUT2D eigenvalue weighted by Crippen LogP contribution is 2.17. The molecule has 0 spiro atoms. The van der Waals surface area contributed by atoms with Crippen molar-refractivity contribution in [3.8, 4) is 5.75 Å². The van der Waals surface area contributed by atoms with Gasteiger partial charge in [-0.3, -0.25) is 14.4 Å². The van der Waals surface area contributed by atoms with Gasteiger partial charge in [0.05, 0.1) is 5.69 Å². The first-order chi connectivity index (χ1) is 14.5. The Morgan fingerprint density at radius 3 is 2.50 bits per heavy atom. The maximum atomic E-state index is 12.8. The van der Waals surface area contributed by atoms with Crippen LogP contribution in [0, 0.1) is 6.92 Å². The van der Waals surface area contributed by atoms with E-state index in [-0.39, 0.29) is 12.6 Å². The quantitative estimate of drug-likeness (QED) is 0.551. The lowest BCUT2D eigenvalue weighted by Crippen LogP contribution is -2.48. The summed E-state index contributed by atoms with van der Waals surface area (Å²) in [5.41, 5.74) is 2.75. The van der Waals surface area contributed by atoms with Crippen molar-refractivity contribution in [2.45, 2.75) is 20.2 Å². The molecule has 3 heterocycles. The van der Waals surface area contributed by atoms with Crippen molar-refractivity contribution >= 4 is 21.8 Å². The molecule has 0 saturated carbocycles. The van der Waals surface area contributed by atoms with Crippen LogP contribution in [0.1, 0.15) is 21.7 Å². The van der Waals surface area contributed by atoms with Crippen LogP contribution in [-0.2, 0) is 20.3 Å². The van der Waals surface area contributed by atoms with Gasteiger partial charge in [0, 0.05) is 62.2 Å². The summed E-state index contributed by atoms with van der Waals surface area (Å²) in [5.74, 6) is 0.719. The Hall–Kier alpha value is -2.65. The second-order valence-electron chi connectivity index (χ2n) is 7.45. The zero-order valence-electron chi connectivity index (χ0n) is 17.2. The number of piperazine rings is 1. The first-order valence-corrected chi connectivity index (χ1v) is 10.7. The van der Waals surface area contributed by atoms with Crippen LogP contribution in [0.3, 0.4) is 0 Å². The van der Waals surface area contributed by atoms with E-state index in [2.05, 4.69) is 37.2 Å². The number of aryl methyl sites for hydroxylation is 2. The molecule has 1 aliphatic rings. The molecule has 9 heteroatoms. The molecule has 1 aliphatic heterocycles. The van der Waals surface area contributed by atoms with E-state index < -0.39 is 0 Å². The Morgan fingerprint density at radius 1 is 1.10 bits per heavy atom. The number of benzene rings is 1. The first-order valence-electron chi connectivity index (χ1n) is 9.90. The number of hydrogen-bond donors (Lipinski definition) is 0. The van der Waals surface area contributed by atoms with Crippen molar-refractivity contribution in [2.75, 3.05) is 26.2 Å². The van der Waals surface area contributed by atoms with Gasteiger partial charge in [-0.25, -0.2) is 4.68 Å². The number of nitrogens with zero attached hydrogens (tertiary/aromatic N) is 6. The van der Waals surface area contributed by atoms with Crippen LogP contribution >= 0.6 is 15.9 Å². The molecular formula is C21H25BrN6O2. The van der Waals surface area contributed by atoms with Crippen LogP contribution in [0.25, 0.3) is 0 Å². The van der Waals surface area contributed by atoms with Crippen LogP contribution < -0.4 is 4.74 Å². The van der Waals surface area contributed by atoms with Gasteiger partial charge in [0.25, 0.3) is 5.91 Å². The normalized spacial score (nSPS) is 14.8. The molecule has 1 amide bonds. The highest BCUT2D eigenvalue weighted by Gasteiger charge is 2.24. The van der Waals surface area contributed by atoms with Gasteiger partial charge in [0.15, 0.2) is 12.4 Å². The zero-order chi connectivity index (χ0) is 21.1. The number of rotatable bonds is 6. The summed E-state index contributed by atoms with van der Waals surface area (Å²) < 4.78 is 10.2. The van der Waals surface area contributed by atoms with E-state index in [9.17, 15) is 4.79 Å². The van der Waals surface area contributed by atoms with Crippen LogP contribution in [0.15, 0.2) is 47.2 Å². The van der Waals surface area contributed by atoms with Crippen molar-refractivity contribution in [3.63, 3.8) is 0 Å². The molecule has 1 fully saturated rings. The van der Waals surface area contributed by atoms with Gasteiger partial charge in [-0.05, 0) is 37.3 Å². The van der Waals surface area contributed by atoms with Crippen molar-refractivity contribution in [1.82, 2.24) is 29.4 Å². The molecule has 1 aromatic carbocycles. The summed E-state index contributed by atoms with van der Waals surface area (Å²) in [6.45, 7) is 6.23. The monoisotopic (exact) mass is 472 g/mol. The largest absolute Gasteiger partial charge is 0.471 e. The molecule has 0 unspecified atom stereocenters. The fourth-order valence-corrected chi connectivity index (χ4v) is 3.80. The number of carbonyl (C=O) groups is 1. The Morgan fingerprint density at radius 2 is 1.83 bits per heavy atom. The topological polar surface area (TPSA) is 68.4 Å². The number of amides is 1. The predicted molar refractivity (Wildman–Crippen MR) is 116 cm³/mol. The van der Waals surface area contributed by atoms with Crippen molar-refractivity contribution in [3.05, 3.63) is 64.1 Å². The lowest BCUT2D eigenvalue weighted by molar-refractivity contribution is 0.0620. The molecule has 158 valence electrons. The number of aromatic nitrogens is 4. The first kappa shape index (κ1) is 20.6. The average Bonchev–Trinajstić information content (AvgIpc) is 3.34. The van der Waals surface area contributed by atoms with Gasteiger partial charge >= 0.3 is 0 Å². The summed E-state index contributed by atoms with van der Waals surface area (Å²) in [5, 5.41) is 8.79. The highest BCUT2D eigenvalue weighted by molar-refractivity contribution is 9.10. The van der Waals surface area contributed by atoms with Crippen LogP contribution in [0.2, 0.25) is 0 Å². The second kappa shape index (κ2) is 9.01. The predicted octanol–water partition coefficient (Wildman–Crippen LogP) is 2.68. The van der Waals surface area contributed by atoms with Gasteiger partial charge < -0.3 is 9.64 Å². The summed E-state index contributed by atoms with van der Waals surface area (Å²) in [6.07, 6.45) is 3.84. The summed E-state index contributed by atoms with van der Waals surface area (Å²) in [6, 6.07) is 9.35. The van der Waals surface area contributed by atoms with E-state index in [4.69, 9.17) is 4.74 Å². The molecular weight excluding hydrogens is 448 g/mol. The maximum Gasteiger partial charge on any atom is 0.274 e. The molecule has 1 saturated heterocycles. The van der Waals surface area contributed by atoms with Crippen molar-refractivity contribution in [1.29, 1.82) is 0 Å². The molecule has 30 heavy (non-hydrogen) atoms. The minimum Gasteiger partial charge on any atom is -0.471 e. The van der Waals surface area contributed by atoms with Crippen LogP contribution in [0.4, 0.5) is 0 Å².